The van der Waals surface area contributed by atoms with E-state index in [4.69, 9.17) is 5.73 Å². The molecule has 2 rings (SSSR count). The number of carbonyl (C=O) groups is 1. The molecule has 0 spiro atoms. The minimum absolute atomic E-state index is 0.177. The Labute approximate surface area is 112 Å². The Bertz CT molecular complexity index is 616. The molecule has 19 heavy (non-hydrogen) atoms. The summed E-state index contributed by atoms with van der Waals surface area (Å²) in [6.45, 7) is 3.89. The number of nitrogens with two attached hydrogens (primary N) is 1. The van der Waals surface area contributed by atoms with Gasteiger partial charge in [0.25, 0.3) is 5.91 Å². The predicted molar refractivity (Wildman–Crippen MR) is 76.1 cm³/mol. The van der Waals surface area contributed by atoms with Crippen LogP contribution in [-0.2, 0) is 13.5 Å². The smallest absolute Gasteiger partial charge is 0.273 e. The summed E-state index contributed by atoms with van der Waals surface area (Å²) in [4.78, 5) is 12.2. The van der Waals surface area contributed by atoms with Crippen LogP contribution in [0.3, 0.4) is 0 Å². The molecule has 0 bridgehead atoms. The molecular formula is C14H18N4O. The lowest BCUT2D eigenvalue weighted by Gasteiger charge is -2.09. The third-order valence-corrected chi connectivity index (χ3v) is 3.15. The maximum absolute atomic E-state index is 12.2. The molecule has 0 aliphatic heterocycles. The van der Waals surface area contributed by atoms with Gasteiger partial charge in [0.05, 0.1) is 5.69 Å². The zero-order valence-electron chi connectivity index (χ0n) is 11.4. The summed E-state index contributed by atoms with van der Waals surface area (Å²) in [5.41, 5.74) is 9.52. The van der Waals surface area contributed by atoms with E-state index >= 15 is 0 Å². The van der Waals surface area contributed by atoms with Gasteiger partial charge >= 0.3 is 0 Å². The maximum atomic E-state index is 12.2. The molecular weight excluding hydrogens is 240 g/mol. The number of nitrogens with zero attached hydrogens (tertiary/aromatic N) is 2. The van der Waals surface area contributed by atoms with Crippen LogP contribution < -0.4 is 11.1 Å². The Morgan fingerprint density at radius 1 is 1.47 bits per heavy atom. The Morgan fingerprint density at radius 3 is 2.84 bits per heavy atom. The average molecular weight is 258 g/mol. The second-order valence-electron chi connectivity index (χ2n) is 4.47. The van der Waals surface area contributed by atoms with Crippen molar-refractivity contribution in [2.75, 3.05) is 11.1 Å². The van der Waals surface area contributed by atoms with Crippen molar-refractivity contribution in [1.29, 1.82) is 0 Å². The fraction of sp³-hybridized carbons (Fsp3) is 0.286. The lowest BCUT2D eigenvalue weighted by molar-refractivity contribution is 0.101. The van der Waals surface area contributed by atoms with E-state index in [1.165, 1.54) is 0 Å². The molecule has 3 N–H and O–H groups in total. The summed E-state index contributed by atoms with van der Waals surface area (Å²) >= 11 is 0. The highest BCUT2D eigenvalue weighted by atomic mass is 16.2. The highest BCUT2D eigenvalue weighted by Gasteiger charge is 2.14. The van der Waals surface area contributed by atoms with Crippen molar-refractivity contribution in [2.45, 2.75) is 20.3 Å². The predicted octanol–water partition coefficient (Wildman–Crippen LogP) is 2.13. The van der Waals surface area contributed by atoms with Gasteiger partial charge in [-0.05, 0) is 37.1 Å². The van der Waals surface area contributed by atoms with Crippen LogP contribution in [0, 0.1) is 6.92 Å². The van der Waals surface area contributed by atoms with Crippen LogP contribution in [0.15, 0.2) is 24.3 Å². The largest absolute Gasteiger partial charge is 0.398 e. The molecule has 2 aromatic rings. The molecule has 1 amide bonds. The van der Waals surface area contributed by atoms with E-state index in [2.05, 4.69) is 10.4 Å². The van der Waals surface area contributed by atoms with E-state index in [0.29, 0.717) is 11.4 Å². The zero-order chi connectivity index (χ0) is 14.0. The fourth-order valence-corrected chi connectivity index (χ4v) is 1.89. The Kier molecular flexibility index (Phi) is 3.55. The van der Waals surface area contributed by atoms with Gasteiger partial charge in [-0.1, -0.05) is 13.0 Å². The molecule has 0 aliphatic carbocycles. The molecule has 1 heterocycles. The van der Waals surface area contributed by atoms with Gasteiger partial charge in [0, 0.05) is 18.4 Å². The third-order valence-electron chi connectivity index (χ3n) is 3.15. The molecule has 1 aromatic carbocycles. The number of carbonyl (C=O) groups excluding carboxylic acids is 1. The van der Waals surface area contributed by atoms with Crippen molar-refractivity contribution in [3.8, 4) is 0 Å². The molecule has 0 atom stereocenters. The normalized spacial score (nSPS) is 10.5. The van der Waals surface area contributed by atoms with E-state index in [1.807, 2.05) is 32.0 Å². The van der Waals surface area contributed by atoms with Crippen LogP contribution in [0.25, 0.3) is 0 Å². The van der Waals surface area contributed by atoms with Crippen molar-refractivity contribution >= 4 is 17.3 Å². The van der Waals surface area contributed by atoms with Gasteiger partial charge in [-0.2, -0.15) is 5.10 Å². The number of rotatable bonds is 3. The first-order valence-electron chi connectivity index (χ1n) is 6.22. The third kappa shape index (κ3) is 2.59. The van der Waals surface area contributed by atoms with Crippen LogP contribution in [0.5, 0.6) is 0 Å². The first kappa shape index (κ1) is 13.1. The molecule has 0 saturated heterocycles. The molecule has 0 radical (unpaired) electrons. The lowest BCUT2D eigenvalue weighted by Crippen LogP contribution is -2.16. The maximum Gasteiger partial charge on any atom is 0.273 e. The highest BCUT2D eigenvalue weighted by molar-refractivity contribution is 6.03. The highest BCUT2D eigenvalue weighted by Crippen LogP contribution is 2.21. The van der Waals surface area contributed by atoms with Crippen LogP contribution in [0.2, 0.25) is 0 Å². The summed E-state index contributed by atoms with van der Waals surface area (Å²) in [7, 11) is 1.76. The molecule has 5 nitrogen and oxygen atoms in total. The molecule has 0 saturated carbocycles. The minimum Gasteiger partial charge on any atom is -0.398 e. The number of nitrogen functional groups attached to an aromatic ring is 1. The Balaban J connectivity index is 2.25. The van der Waals surface area contributed by atoms with E-state index in [1.54, 1.807) is 17.8 Å². The van der Waals surface area contributed by atoms with Gasteiger partial charge in [-0.15, -0.1) is 0 Å². The SMILES string of the molecule is CCc1cc(C(=O)Nc2cccc(N)c2C)n(C)n1. The van der Waals surface area contributed by atoms with Gasteiger partial charge in [0.1, 0.15) is 5.69 Å². The van der Waals surface area contributed by atoms with Crippen molar-refractivity contribution in [3.63, 3.8) is 0 Å². The molecule has 100 valence electrons. The molecule has 0 unspecified atom stereocenters. The molecule has 1 aromatic heterocycles. The number of hydrogen-bond donors (Lipinski definition) is 2. The quantitative estimate of drug-likeness (QED) is 0.828. The van der Waals surface area contributed by atoms with Crippen molar-refractivity contribution < 1.29 is 4.79 Å². The second kappa shape index (κ2) is 5.14. The van der Waals surface area contributed by atoms with E-state index in [-0.39, 0.29) is 5.91 Å². The zero-order valence-corrected chi connectivity index (χ0v) is 11.4. The van der Waals surface area contributed by atoms with Gasteiger partial charge < -0.3 is 11.1 Å². The summed E-state index contributed by atoms with van der Waals surface area (Å²) < 4.78 is 1.59. The molecule has 0 aliphatic rings. The Hall–Kier alpha value is -2.30. The van der Waals surface area contributed by atoms with E-state index < -0.39 is 0 Å². The number of hydrogen-bond acceptors (Lipinski definition) is 3. The first-order chi connectivity index (χ1) is 9.02. The van der Waals surface area contributed by atoms with Crippen LogP contribution in [-0.4, -0.2) is 15.7 Å². The van der Waals surface area contributed by atoms with Crippen molar-refractivity contribution in [3.05, 3.63) is 41.2 Å². The topological polar surface area (TPSA) is 72.9 Å². The molecule has 5 heteroatoms. The number of anilines is 2. The van der Waals surface area contributed by atoms with Gasteiger partial charge in [-0.3, -0.25) is 9.48 Å². The summed E-state index contributed by atoms with van der Waals surface area (Å²) in [6, 6.07) is 7.26. The van der Waals surface area contributed by atoms with Gasteiger partial charge in [0.2, 0.25) is 0 Å². The standard InChI is InChI=1S/C14H18N4O/c1-4-10-8-13(18(3)17-10)14(19)16-12-7-5-6-11(15)9(12)2/h5-8H,4,15H2,1-3H3,(H,16,19). The second-order valence-corrected chi connectivity index (χ2v) is 4.47. The van der Waals surface area contributed by atoms with Crippen molar-refractivity contribution in [2.24, 2.45) is 7.05 Å². The number of aryl methyl sites for hydroxylation is 2. The Morgan fingerprint density at radius 2 is 2.21 bits per heavy atom. The minimum atomic E-state index is -0.177. The molecule has 0 fully saturated rings. The number of amides is 1. The van der Waals surface area contributed by atoms with Gasteiger partial charge in [-0.25, -0.2) is 0 Å². The van der Waals surface area contributed by atoms with Crippen LogP contribution >= 0.6 is 0 Å². The summed E-state index contributed by atoms with van der Waals surface area (Å²) in [6.07, 6.45) is 0.804. The number of nitrogens with one attached hydrogen (secondary N) is 1. The lowest BCUT2D eigenvalue weighted by atomic mass is 10.1. The number of benzene rings is 1. The van der Waals surface area contributed by atoms with Crippen LogP contribution in [0.4, 0.5) is 11.4 Å². The summed E-state index contributed by atoms with van der Waals surface area (Å²) in [5, 5.41) is 7.13. The number of aromatic nitrogens is 2. The average Bonchev–Trinajstić information content (AvgIpc) is 2.76. The monoisotopic (exact) mass is 258 g/mol. The van der Waals surface area contributed by atoms with Crippen LogP contribution in [0.1, 0.15) is 28.7 Å². The van der Waals surface area contributed by atoms with Gasteiger partial charge in [0.15, 0.2) is 0 Å². The van der Waals surface area contributed by atoms with E-state index in [0.717, 1.165) is 23.4 Å². The first-order valence-corrected chi connectivity index (χ1v) is 6.22. The fourth-order valence-electron chi connectivity index (χ4n) is 1.89. The van der Waals surface area contributed by atoms with E-state index in [9.17, 15) is 4.79 Å². The summed E-state index contributed by atoms with van der Waals surface area (Å²) in [5.74, 6) is -0.177. The van der Waals surface area contributed by atoms with Crippen molar-refractivity contribution in [1.82, 2.24) is 9.78 Å².